The number of amides is 1. The molecule has 0 spiro atoms. The number of thiocarbonyl (C=S) groups is 1. The maximum absolute atomic E-state index is 12.2. The molecule has 0 saturated heterocycles. The second kappa shape index (κ2) is 7.77. The molecule has 128 valence electrons. The molecule has 3 rings (SSSR count). The molecule has 0 heterocycles. The van der Waals surface area contributed by atoms with Crippen LogP contribution in [0.5, 0.6) is 0 Å². The molecule has 2 aromatic carbocycles. The Balaban J connectivity index is 1.85. The molecule has 1 aliphatic carbocycles. The summed E-state index contributed by atoms with van der Waals surface area (Å²) in [5.74, 6) is -0.406. The molecule has 1 N–H and O–H groups in total. The quantitative estimate of drug-likeness (QED) is 0.719. The maximum Gasteiger partial charge on any atom is 0.242 e. The molecule has 0 aliphatic heterocycles. The molecule has 1 amide bonds. The predicted octanol–water partition coefficient (Wildman–Crippen LogP) is 3.61. The molecule has 1 aliphatic rings. The number of benzene rings is 2. The zero-order chi connectivity index (χ0) is 18.5. The summed E-state index contributed by atoms with van der Waals surface area (Å²) in [6.45, 7) is 0.165. The molecule has 2 aromatic rings. The Bertz CT molecular complexity index is 955. The second-order valence-electron chi connectivity index (χ2n) is 5.88. The van der Waals surface area contributed by atoms with Crippen LogP contribution in [-0.2, 0) is 11.2 Å². The summed E-state index contributed by atoms with van der Waals surface area (Å²) in [7, 11) is 0. The molecule has 5 nitrogen and oxygen atoms in total. The van der Waals surface area contributed by atoms with Crippen LogP contribution in [0.1, 0.15) is 24.0 Å². The van der Waals surface area contributed by atoms with Crippen LogP contribution in [0.25, 0.3) is 11.1 Å². The molecule has 0 fully saturated rings. The van der Waals surface area contributed by atoms with Gasteiger partial charge in [0.15, 0.2) is 5.11 Å². The van der Waals surface area contributed by atoms with Crippen molar-refractivity contribution in [3.8, 4) is 23.3 Å². The second-order valence-corrected chi connectivity index (χ2v) is 6.27. The zero-order valence-electron chi connectivity index (χ0n) is 14.0. The van der Waals surface area contributed by atoms with Crippen LogP contribution in [0.2, 0.25) is 0 Å². The average molecular weight is 360 g/mol. The van der Waals surface area contributed by atoms with Crippen LogP contribution in [0.3, 0.4) is 0 Å². The first-order valence-electron chi connectivity index (χ1n) is 8.21. The Morgan fingerprint density at radius 3 is 2.65 bits per heavy atom. The van der Waals surface area contributed by atoms with E-state index in [0.717, 1.165) is 23.2 Å². The van der Waals surface area contributed by atoms with Crippen LogP contribution in [0.15, 0.2) is 42.5 Å². The summed E-state index contributed by atoms with van der Waals surface area (Å²) < 4.78 is 0. The summed E-state index contributed by atoms with van der Waals surface area (Å²) in [5, 5.41) is 20.9. The van der Waals surface area contributed by atoms with E-state index in [0.29, 0.717) is 0 Å². The van der Waals surface area contributed by atoms with Crippen LogP contribution < -0.4 is 5.32 Å². The van der Waals surface area contributed by atoms with Crippen molar-refractivity contribution in [2.75, 3.05) is 11.9 Å². The van der Waals surface area contributed by atoms with E-state index in [1.165, 1.54) is 16.0 Å². The number of nitriles is 2. The largest absolute Gasteiger partial charge is 0.332 e. The van der Waals surface area contributed by atoms with Crippen molar-refractivity contribution >= 4 is 28.9 Å². The van der Waals surface area contributed by atoms with Crippen molar-refractivity contribution in [3.05, 3.63) is 53.6 Å². The third-order valence-electron chi connectivity index (χ3n) is 4.32. The summed E-state index contributed by atoms with van der Waals surface area (Å²) in [4.78, 5) is 13.5. The van der Waals surface area contributed by atoms with E-state index >= 15 is 0 Å². The van der Waals surface area contributed by atoms with Gasteiger partial charge >= 0.3 is 0 Å². The number of hydrogen-bond acceptors (Lipinski definition) is 4. The third kappa shape index (κ3) is 3.42. The van der Waals surface area contributed by atoms with Gasteiger partial charge < -0.3 is 5.32 Å². The number of carbonyl (C=O) groups is 1. The van der Waals surface area contributed by atoms with Gasteiger partial charge in [-0.05, 0) is 40.5 Å². The highest BCUT2D eigenvalue weighted by atomic mass is 32.1. The van der Waals surface area contributed by atoms with E-state index < -0.39 is 5.91 Å². The number of hydrogen-bond donors (Lipinski definition) is 1. The van der Waals surface area contributed by atoms with Crippen molar-refractivity contribution in [2.45, 2.75) is 19.3 Å². The molecule has 0 atom stereocenters. The Morgan fingerprint density at radius 2 is 1.88 bits per heavy atom. The van der Waals surface area contributed by atoms with Crippen LogP contribution in [-0.4, -0.2) is 22.5 Å². The lowest BCUT2D eigenvalue weighted by Crippen LogP contribution is -2.40. The fraction of sp³-hybridized carbons (Fsp3) is 0.200. The van der Waals surface area contributed by atoms with E-state index in [-0.39, 0.29) is 24.5 Å². The molecule has 26 heavy (non-hydrogen) atoms. The number of carbonyl (C=O) groups excluding carboxylic acids is 1. The Hall–Kier alpha value is -3.22. The van der Waals surface area contributed by atoms with Gasteiger partial charge in [0, 0.05) is 18.7 Å². The van der Waals surface area contributed by atoms with Crippen molar-refractivity contribution in [3.63, 3.8) is 0 Å². The van der Waals surface area contributed by atoms with E-state index in [9.17, 15) is 4.79 Å². The molecular weight excluding hydrogens is 344 g/mol. The normalized spacial score (nSPS) is 10.8. The van der Waals surface area contributed by atoms with Crippen molar-refractivity contribution < 1.29 is 4.79 Å². The molecule has 0 bridgehead atoms. The lowest BCUT2D eigenvalue weighted by Gasteiger charge is -2.23. The topological polar surface area (TPSA) is 79.9 Å². The summed E-state index contributed by atoms with van der Waals surface area (Å²) >= 11 is 5.39. The van der Waals surface area contributed by atoms with E-state index in [4.69, 9.17) is 22.7 Å². The lowest BCUT2D eigenvalue weighted by atomic mass is 10.1. The number of fused-ring (bicyclic) bond motifs is 3. The van der Waals surface area contributed by atoms with E-state index in [2.05, 4.69) is 23.5 Å². The number of nitrogens with one attached hydrogen (secondary N) is 1. The van der Waals surface area contributed by atoms with Gasteiger partial charge in [0.25, 0.3) is 0 Å². The van der Waals surface area contributed by atoms with Gasteiger partial charge in [-0.1, -0.05) is 36.4 Å². The summed E-state index contributed by atoms with van der Waals surface area (Å²) in [6, 6.07) is 18.0. The number of nitrogens with zero attached hydrogens (tertiary/aromatic N) is 3. The van der Waals surface area contributed by atoms with Crippen LogP contribution >= 0.6 is 12.2 Å². The minimum atomic E-state index is -0.406. The van der Waals surface area contributed by atoms with Gasteiger partial charge in [-0.15, -0.1) is 0 Å². The minimum absolute atomic E-state index is 0.150. The minimum Gasteiger partial charge on any atom is -0.332 e. The summed E-state index contributed by atoms with van der Waals surface area (Å²) in [6.07, 6.45) is 0.671. The fourth-order valence-electron chi connectivity index (χ4n) is 3.12. The highest BCUT2D eigenvalue weighted by Crippen LogP contribution is 2.40. The fourth-order valence-corrected chi connectivity index (χ4v) is 3.42. The van der Waals surface area contributed by atoms with Gasteiger partial charge in [-0.25, -0.2) is 0 Å². The predicted molar refractivity (Wildman–Crippen MR) is 103 cm³/mol. The van der Waals surface area contributed by atoms with Gasteiger partial charge in [-0.3, -0.25) is 9.69 Å². The first-order valence-corrected chi connectivity index (χ1v) is 8.62. The van der Waals surface area contributed by atoms with Crippen LogP contribution in [0.4, 0.5) is 5.69 Å². The standard InChI is InChI=1S/C20H16N4OS/c21-10-4-12-24(19(25)9-11-22)20(26)23-18-8-3-7-16-15-6-2-1-5-14(15)13-17(16)18/h1-3,5-8H,4,9,12-13H2,(H,23,26). The SMILES string of the molecule is N#CCCN(C(=O)CC#N)C(=S)Nc1cccc2c1Cc1ccccc1-2. The third-order valence-corrected chi connectivity index (χ3v) is 4.64. The summed E-state index contributed by atoms with van der Waals surface area (Å²) in [5.41, 5.74) is 5.59. The molecular formula is C20H16N4OS. The first-order chi connectivity index (χ1) is 12.7. The lowest BCUT2D eigenvalue weighted by molar-refractivity contribution is -0.126. The molecule has 0 saturated carbocycles. The first kappa shape index (κ1) is 17.6. The van der Waals surface area contributed by atoms with Gasteiger partial charge in [0.2, 0.25) is 5.91 Å². The van der Waals surface area contributed by atoms with Gasteiger partial charge in [0.05, 0.1) is 18.6 Å². The van der Waals surface area contributed by atoms with Crippen molar-refractivity contribution in [1.29, 1.82) is 10.5 Å². The van der Waals surface area contributed by atoms with E-state index in [1.54, 1.807) is 0 Å². The molecule has 0 aromatic heterocycles. The van der Waals surface area contributed by atoms with Crippen molar-refractivity contribution in [1.82, 2.24) is 4.90 Å². The Morgan fingerprint density at radius 1 is 1.12 bits per heavy atom. The van der Waals surface area contributed by atoms with Gasteiger partial charge in [0.1, 0.15) is 6.42 Å². The molecule has 0 unspecified atom stereocenters. The maximum atomic E-state index is 12.2. The zero-order valence-corrected chi connectivity index (χ0v) is 14.8. The van der Waals surface area contributed by atoms with Gasteiger partial charge in [-0.2, -0.15) is 10.5 Å². The highest BCUT2D eigenvalue weighted by Gasteiger charge is 2.23. The van der Waals surface area contributed by atoms with E-state index in [1.807, 2.05) is 36.4 Å². The highest BCUT2D eigenvalue weighted by molar-refractivity contribution is 7.80. The van der Waals surface area contributed by atoms with Crippen molar-refractivity contribution in [2.24, 2.45) is 0 Å². The molecule has 6 heteroatoms. The Kier molecular flexibility index (Phi) is 5.26. The smallest absolute Gasteiger partial charge is 0.242 e. The number of anilines is 1. The monoisotopic (exact) mass is 360 g/mol. The molecule has 0 radical (unpaired) electrons. The average Bonchev–Trinajstić information content (AvgIpc) is 3.02. The Labute approximate surface area is 157 Å². The number of rotatable bonds is 4. The van der Waals surface area contributed by atoms with Crippen LogP contribution in [0, 0.1) is 22.7 Å².